The predicted octanol–water partition coefficient (Wildman–Crippen LogP) is 7.89. The minimum Gasteiger partial charge on any atom is -0.256 e. The van der Waals surface area contributed by atoms with Crippen molar-refractivity contribution in [3.05, 3.63) is 90.6 Å². The normalized spacial score (nSPS) is 13.4. The predicted molar refractivity (Wildman–Crippen MR) is 118 cm³/mol. The fourth-order valence-corrected chi connectivity index (χ4v) is 5.04. The summed E-state index contributed by atoms with van der Waals surface area (Å²) < 4.78 is 56.9. The summed E-state index contributed by atoms with van der Waals surface area (Å²) in [4.78, 5) is 4.28. The number of alkyl halides is 3. The molecule has 0 aliphatic carbocycles. The molecule has 0 radical (unpaired) electrons. The van der Waals surface area contributed by atoms with Crippen molar-refractivity contribution in [3.63, 3.8) is 0 Å². The van der Waals surface area contributed by atoms with Gasteiger partial charge in [0.05, 0.1) is 12.1 Å². The Labute approximate surface area is 178 Å². The molecule has 5 aromatic rings. The molecule has 0 aliphatic heterocycles. The molecule has 0 atom stereocenters. The second kappa shape index (κ2) is 7.26. The second-order valence-corrected chi connectivity index (χ2v) is 7.91. The van der Waals surface area contributed by atoms with Crippen LogP contribution >= 0.6 is 11.3 Å². The highest BCUT2D eigenvalue weighted by atomic mass is 32.1. The average Bonchev–Trinajstić information content (AvgIpc) is 3.18. The highest BCUT2D eigenvalue weighted by molar-refractivity contribution is 7.26. The van der Waals surface area contributed by atoms with Gasteiger partial charge in [-0.3, -0.25) is 4.98 Å². The third-order valence-electron chi connectivity index (χ3n) is 4.93. The molecule has 5 heteroatoms. The van der Waals surface area contributed by atoms with Gasteiger partial charge in [0.2, 0.25) is 0 Å². The summed E-state index contributed by atoms with van der Waals surface area (Å²) >= 11 is 1.57. The molecule has 0 spiro atoms. The van der Waals surface area contributed by atoms with Crippen molar-refractivity contribution < 1.29 is 15.9 Å². The van der Waals surface area contributed by atoms with Gasteiger partial charge < -0.3 is 0 Å². The lowest BCUT2D eigenvalue weighted by Crippen LogP contribution is -2.11. The maximum absolute atomic E-state index is 13.3. The molecule has 30 heavy (non-hydrogen) atoms. The number of halogens is 3. The van der Waals surface area contributed by atoms with Crippen LogP contribution in [0.1, 0.15) is 8.30 Å². The van der Waals surface area contributed by atoms with Crippen LogP contribution in [-0.4, -0.2) is 11.2 Å². The van der Waals surface area contributed by atoms with Crippen LogP contribution < -0.4 is 0 Å². The van der Waals surface area contributed by atoms with E-state index in [2.05, 4.69) is 11.1 Å². The van der Waals surface area contributed by atoms with E-state index < -0.39 is 18.1 Å². The number of benzene rings is 3. The molecule has 148 valence electrons. The summed E-state index contributed by atoms with van der Waals surface area (Å²) in [6.45, 7) is 0. The minimum absolute atomic E-state index is 0.314. The fourth-order valence-electron chi connectivity index (χ4n) is 3.69. The largest absolute Gasteiger partial charge is 0.393 e. The third kappa shape index (κ3) is 3.46. The lowest BCUT2D eigenvalue weighted by atomic mass is 10.0. The van der Waals surface area contributed by atoms with Crippen molar-refractivity contribution in [3.8, 4) is 22.4 Å². The van der Waals surface area contributed by atoms with E-state index in [4.69, 9.17) is 2.74 Å². The van der Waals surface area contributed by atoms with E-state index in [1.54, 1.807) is 11.3 Å². The third-order valence-corrected chi connectivity index (χ3v) is 6.22. The number of rotatable bonds is 3. The summed E-state index contributed by atoms with van der Waals surface area (Å²) in [7, 11) is 0. The van der Waals surface area contributed by atoms with Crippen LogP contribution in [0.3, 0.4) is 0 Å². The Morgan fingerprint density at radius 2 is 1.47 bits per heavy atom. The van der Waals surface area contributed by atoms with Crippen molar-refractivity contribution in [1.29, 1.82) is 0 Å². The van der Waals surface area contributed by atoms with Gasteiger partial charge in [0.25, 0.3) is 0 Å². The summed E-state index contributed by atoms with van der Waals surface area (Å²) in [6, 6.07) is 24.1. The summed E-state index contributed by atoms with van der Waals surface area (Å²) in [6.07, 6.45) is -7.24. The van der Waals surface area contributed by atoms with E-state index in [0.29, 0.717) is 11.3 Å². The Morgan fingerprint density at radius 3 is 2.17 bits per heavy atom. The molecule has 0 N–H and O–H groups in total. The van der Waals surface area contributed by atoms with E-state index in [1.807, 2.05) is 60.7 Å². The Bertz CT molecular complexity index is 1440. The van der Waals surface area contributed by atoms with Gasteiger partial charge >= 0.3 is 6.18 Å². The molecule has 2 heterocycles. The molecule has 5 rings (SSSR count). The number of hydrogen-bond acceptors (Lipinski definition) is 2. The number of nitrogens with zero attached hydrogens (tertiary/aromatic N) is 1. The van der Waals surface area contributed by atoms with Crippen LogP contribution in [0.5, 0.6) is 0 Å². The smallest absolute Gasteiger partial charge is 0.256 e. The molecule has 0 saturated carbocycles. The van der Waals surface area contributed by atoms with Crippen molar-refractivity contribution >= 4 is 31.5 Å². The highest BCUT2D eigenvalue weighted by Crippen LogP contribution is 2.43. The van der Waals surface area contributed by atoms with E-state index in [1.165, 1.54) is 12.3 Å². The number of aromatic nitrogens is 1. The van der Waals surface area contributed by atoms with Crippen LogP contribution in [0.4, 0.5) is 13.2 Å². The first kappa shape index (κ1) is 16.6. The zero-order valence-electron chi connectivity index (χ0n) is 17.6. The van der Waals surface area contributed by atoms with Crippen LogP contribution in [0.25, 0.3) is 42.6 Å². The molecule has 2 aromatic heterocycles. The van der Waals surface area contributed by atoms with E-state index in [-0.39, 0.29) is 0 Å². The summed E-state index contributed by atoms with van der Waals surface area (Å²) in [5, 5.41) is 2.06. The number of fused-ring (bicyclic) bond motifs is 3. The maximum atomic E-state index is 13.3. The van der Waals surface area contributed by atoms with E-state index in [9.17, 15) is 13.2 Å². The first-order chi connectivity index (χ1) is 15.3. The highest BCUT2D eigenvalue weighted by Gasteiger charge is 2.27. The molecular weight excluding hydrogens is 403 g/mol. The summed E-state index contributed by atoms with van der Waals surface area (Å²) in [5.41, 5.74) is 2.71. The van der Waals surface area contributed by atoms with Gasteiger partial charge in [0, 0.05) is 34.7 Å². The van der Waals surface area contributed by atoms with Crippen molar-refractivity contribution in [1.82, 2.24) is 4.98 Å². The van der Waals surface area contributed by atoms with Gasteiger partial charge in [0.15, 0.2) is 0 Å². The number of thiophene rings is 1. The molecule has 0 bridgehead atoms. The van der Waals surface area contributed by atoms with Crippen molar-refractivity contribution in [2.24, 2.45) is 0 Å². The molecule has 0 amide bonds. The molecular formula is C25H16F3NS. The van der Waals surface area contributed by atoms with E-state index >= 15 is 0 Å². The average molecular weight is 421 g/mol. The van der Waals surface area contributed by atoms with Gasteiger partial charge in [-0.1, -0.05) is 66.7 Å². The monoisotopic (exact) mass is 421 g/mol. The van der Waals surface area contributed by atoms with Gasteiger partial charge in [-0.15, -0.1) is 11.3 Å². The minimum atomic E-state index is -5.01. The van der Waals surface area contributed by atoms with Gasteiger partial charge in [-0.05, 0) is 28.8 Å². The van der Waals surface area contributed by atoms with Crippen molar-refractivity contribution in [2.45, 2.75) is 12.5 Å². The second-order valence-electron chi connectivity index (χ2n) is 6.89. The lowest BCUT2D eigenvalue weighted by molar-refractivity contribution is -0.127. The Balaban J connectivity index is 1.73. The summed E-state index contributed by atoms with van der Waals surface area (Å²) in [5.74, 6) is 0. The fraction of sp³-hybridized carbons (Fsp3) is 0.0800. The molecule has 0 aliphatic rings. The zero-order valence-corrected chi connectivity index (χ0v) is 16.4. The molecule has 0 fully saturated rings. The maximum Gasteiger partial charge on any atom is 0.393 e. The number of pyridine rings is 1. The van der Waals surface area contributed by atoms with Crippen LogP contribution in [0.15, 0.2) is 85.1 Å². The SMILES string of the molecule is [2H]C([2H])(c1ccnc(-c2cccc3c2sc2c(-c4ccccc4)cccc23)c1)C(F)(F)F. The van der Waals surface area contributed by atoms with Gasteiger partial charge in [0.1, 0.15) is 0 Å². The standard InChI is InChI=1S/C25H16F3NS/c26-25(27,28)15-16-12-13-29-22(14-16)21-11-5-10-20-19-9-4-8-18(23(19)30-24(20)21)17-6-2-1-3-7-17/h1-14H,15H2/i15D2. The van der Waals surface area contributed by atoms with E-state index in [0.717, 1.165) is 37.4 Å². The zero-order chi connectivity index (χ0) is 22.5. The molecule has 3 aromatic carbocycles. The van der Waals surface area contributed by atoms with Gasteiger partial charge in [-0.25, -0.2) is 0 Å². The topological polar surface area (TPSA) is 12.9 Å². The van der Waals surface area contributed by atoms with Crippen LogP contribution in [0, 0.1) is 0 Å². The number of hydrogen-bond donors (Lipinski definition) is 0. The van der Waals surface area contributed by atoms with Crippen LogP contribution in [-0.2, 0) is 6.37 Å². The van der Waals surface area contributed by atoms with Crippen molar-refractivity contribution in [2.75, 3.05) is 0 Å². The molecule has 0 saturated heterocycles. The first-order valence-corrected chi connectivity index (χ1v) is 10.1. The lowest BCUT2D eigenvalue weighted by Gasteiger charge is -2.08. The van der Waals surface area contributed by atoms with Gasteiger partial charge in [-0.2, -0.15) is 13.2 Å². The first-order valence-electron chi connectivity index (χ1n) is 10.3. The van der Waals surface area contributed by atoms with Crippen LogP contribution in [0.2, 0.25) is 0 Å². The Hall–Kier alpha value is -3.18. The quantitative estimate of drug-likeness (QED) is 0.289. The Kier molecular flexibility index (Phi) is 4.01. The molecule has 1 nitrogen and oxygen atoms in total. The Morgan fingerprint density at radius 1 is 0.800 bits per heavy atom. The molecule has 0 unspecified atom stereocenters.